The van der Waals surface area contributed by atoms with Crippen LogP contribution in [0.4, 0.5) is 0 Å². The van der Waals surface area contributed by atoms with Crippen LogP contribution in [0.5, 0.6) is 5.75 Å². The molecule has 0 aliphatic carbocycles. The zero-order valence-electron chi connectivity index (χ0n) is 11.5. The molecule has 0 radical (unpaired) electrons. The number of thiazole rings is 1. The Balaban J connectivity index is 1.88. The van der Waals surface area contributed by atoms with Gasteiger partial charge in [0.15, 0.2) is 0 Å². The van der Waals surface area contributed by atoms with Crippen molar-refractivity contribution in [2.45, 2.75) is 12.5 Å². The normalized spacial score (nSPS) is 12.7. The van der Waals surface area contributed by atoms with Gasteiger partial charge in [0.25, 0.3) is 0 Å². The van der Waals surface area contributed by atoms with E-state index in [2.05, 4.69) is 11.4 Å². The number of aromatic hydroxyl groups is 1. The molecule has 0 aliphatic rings. The number of aromatic nitrogens is 1. The first-order chi connectivity index (χ1) is 10.2. The summed E-state index contributed by atoms with van der Waals surface area (Å²) in [6, 6.07) is 13.6. The number of benzene rings is 2. The van der Waals surface area contributed by atoms with Crippen LogP contribution in [-0.4, -0.2) is 17.1 Å². The summed E-state index contributed by atoms with van der Waals surface area (Å²) >= 11 is 7.67. The van der Waals surface area contributed by atoms with E-state index in [4.69, 9.17) is 16.6 Å². The second kappa shape index (κ2) is 6.02. The van der Waals surface area contributed by atoms with Crippen molar-refractivity contribution < 1.29 is 5.11 Å². The second-order valence-electron chi connectivity index (χ2n) is 4.85. The molecular weight excluding hydrogens is 304 g/mol. The van der Waals surface area contributed by atoms with Crippen LogP contribution in [-0.2, 0) is 6.42 Å². The van der Waals surface area contributed by atoms with Crippen molar-refractivity contribution >= 4 is 33.2 Å². The molecule has 2 N–H and O–H groups in total. The van der Waals surface area contributed by atoms with Crippen molar-refractivity contribution in [1.29, 1.82) is 0 Å². The average molecular weight is 319 g/mol. The number of nitrogens with zero attached hydrogens (tertiary/aromatic N) is 1. The number of phenolic OH excluding ortho intramolecular Hbond substituents is 1. The lowest BCUT2D eigenvalue weighted by atomic mass is 10.1. The predicted molar refractivity (Wildman–Crippen MR) is 88.2 cm³/mol. The summed E-state index contributed by atoms with van der Waals surface area (Å²) in [4.78, 5) is 4.69. The van der Waals surface area contributed by atoms with E-state index in [1.54, 1.807) is 23.5 Å². The van der Waals surface area contributed by atoms with Crippen molar-refractivity contribution in [3.8, 4) is 5.75 Å². The molecule has 0 fully saturated rings. The van der Waals surface area contributed by atoms with Crippen molar-refractivity contribution in [3.05, 3.63) is 58.1 Å². The van der Waals surface area contributed by atoms with E-state index in [1.807, 2.05) is 31.3 Å². The van der Waals surface area contributed by atoms with E-state index in [9.17, 15) is 5.11 Å². The maximum absolute atomic E-state index is 9.49. The van der Waals surface area contributed by atoms with Crippen molar-refractivity contribution in [2.75, 3.05) is 7.05 Å². The molecule has 1 atom stereocenters. The molecule has 0 aliphatic heterocycles. The third kappa shape index (κ3) is 3.02. The molecule has 1 aromatic heterocycles. The first-order valence-corrected chi connectivity index (χ1v) is 7.87. The Labute approximate surface area is 132 Å². The molecule has 3 nitrogen and oxygen atoms in total. The van der Waals surface area contributed by atoms with Gasteiger partial charge in [0.05, 0.1) is 21.3 Å². The minimum Gasteiger partial charge on any atom is -0.506 e. The zero-order valence-corrected chi connectivity index (χ0v) is 13.1. The van der Waals surface area contributed by atoms with E-state index >= 15 is 0 Å². The molecule has 2 aromatic carbocycles. The van der Waals surface area contributed by atoms with Crippen LogP contribution in [0, 0.1) is 0 Å². The first-order valence-electron chi connectivity index (χ1n) is 6.67. The second-order valence-corrected chi connectivity index (χ2v) is 6.32. The Kier molecular flexibility index (Phi) is 4.10. The number of halogens is 1. The molecule has 0 saturated carbocycles. The van der Waals surface area contributed by atoms with Crippen LogP contribution in [0.25, 0.3) is 10.2 Å². The highest BCUT2D eigenvalue weighted by molar-refractivity contribution is 7.18. The largest absolute Gasteiger partial charge is 0.506 e. The molecule has 0 spiro atoms. The van der Waals surface area contributed by atoms with Gasteiger partial charge in [0.1, 0.15) is 10.8 Å². The Morgan fingerprint density at radius 2 is 2.10 bits per heavy atom. The number of hydrogen-bond acceptors (Lipinski definition) is 4. The fraction of sp³-hybridized carbons (Fsp3) is 0.188. The molecule has 0 amide bonds. The summed E-state index contributed by atoms with van der Waals surface area (Å²) in [6.45, 7) is 0. The molecule has 3 rings (SSSR count). The maximum Gasteiger partial charge on any atom is 0.134 e. The highest BCUT2D eigenvalue weighted by atomic mass is 35.5. The van der Waals surface area contributed by atoms with Crippen LogP contribution in [0.3, 0.4) is 0 Å². The molecule has 3 aromatic rings. The fourth-order valence-corrected chi connectivity index (χ4v) is 3.55. The standard InChI is InChI=1S/C16H15ClN2OS/c1-18-13(9-10-6-7-14(20)11(17)8-10)16-19-12-4-2-3-5-15(12)21-16/h2-8,13,18,20H,9H2,1H3. The van der Waals surface area contributed by atoms with Gasteiger partial charge < -0.3 is 10.4 Å². The van der Waals surface area contributed by atoms with Crippen LogP contribution < -0.4 is 5.32 Å². The van der Waals surface area contributed by atoms with Gasteiger partial charge in [-0.15, -0.1) is 11.3 Å². The van der Waals surface area contributed by atoms with E-state index in [-0.39, 0.29) is 11.8 Å². The number of likely N-dealkylation sites (N-methyl/N-ethyl adjacent to an activating group) is 1. The van der Waals surface area contributed by atoms with Gasteiger partial charge in [-0.2, -0.15) is 0 Å². The fourth-order valence-electron chi connectivity index (χ4n) is 2.27. The summed E-state index contributed by atoms with van der Waals surface area (Å²) in [6.07, 6.45) is 0.774. The SMILES string of the molecule is CNC(Cc1ccc(O)c(Cl)c1)c1nc2ccccc2s1. The third-order valence-corrected chi connectivity index (χ3v) is 4.86. The van der Waals surface area contributed by atoms with Crippen LogP contribution in [0.2, 0.25) is 5.02 Å². The minimum absolute atomic E-state index is 0.112. The number of rotatable bonds is 4. The summed E-state index contributed by atoms with van der Waals surface area (Å²) < 4.78 is 1.19. The van der Waals surface area contributed by atoms with E-state index < -0.39 is 0 Å². The number of fused-ring (bicyclic) bond motifs is 1. The third-order valence-electron chi connectivity index (χ3n) is 3.41. The lowest BCUT2D eigenvalue weighted by Gasteiger charge is -2.13. The van der Waals surface area contributed by atoms with Gasteiger partial charge in [0, 0.05) is 0 Å². The molecule has 108 valence electrons. The average Bonchev–Trinajstić information content (AvgIpc) is 2.92. The Hall–Kier alpha value is -1.62. The number of para-hydroxylation sites is 1. The molecular formula is C16H15ClN2OS. The Morgan fingerprint density at radius 1 is 1.29 bits per heavy atom. The molecule has 21 heavy (non-hydrogen) atoms. The molecule has 5 heteroatoms. The topological polar surface area (TPSA) is 45.1 Å². The lowest BCUT2D eigenvalue weighted by Crippen LogP contribution is -2.18. The van der Waals surface area contributed by atoms with Crippen LogP contribution >= 0.6 is 22.9 Å². The van der Waals surface area contributed by atoms with Gasteiger partial charge in [-0.1, -0.05) is 29.8 Å². The molecule has 1 unspecified atom stereocenters. The van der Waals surface area contributed by atoms with Gasteiger partial charge in [-0.25, -0.2) is 4.98 Å². The maximum atomic E-state index is 9.49. The van der Waals surface area contributed by atoms with E-state index in [0.717, 1.165) is 22.5 Å². The summed E-state index contributed by atoms with van der Waals surface area (Å²) in [5, 5.41) is 14.2. The van der Waals surface area contributed by atoms with E-state index in [1.165, 1.54) is 4.70 Å². The van der Waals surface area contributed by atoms with Crippen molar-refractivity contribution in [3.63, 3.8) is 0 Å². The number of hydrogen-bond donors (Lipinski definition) is 2. The first kappa shape index (κ1) is 14.3. The van der Waals surface area contributed by atoms with Crippen LogP contribution in [0.15, 0.2) is 42.5 Å². The Morgan fingerprint density at radius 3 is 2.81 bits per heavy atom. The number of phenols is 1. The van der Waals surface area contributed by atoms with Gasteiger partial charge in [0.2, 0.25) is 0 Å². The van der Waals surface area contributed by atoms with Gasteiger partial charge >= 0.3 is 0 Å². The van der Waals surface area contributed by atoms with Gasteiger partial charge in [-0.05, 0) is 43.3 Å². The summed E-state index contributed by atoms with van der Waals surface area (Å²) in [7, 11) is 1.93. The lowest BCUT2D eigenvalue weighted by molar-refractivity contribution is 0.475. The Bertz CT molecular complexity index is 739. The highest BCUT2D eigenvalue weighted by Gasteiger charge is 2.15. The smallest absolute Gasteiger partial charge is 0.134 e. The molecule has 0 saturated heterocycles. The molecule has 0 bridgehead atoms. The number of nitrogens with one attached hydrogen (secondary N) is 1. The monoisotopic (exact) mass is 318 g/mol. The highest BCUT2D eigenvalue weighted by Crippen LogP contribution is 2.30. The predicted octanol–water partition coefficient (Wildman–Crippen LogP) is 4.16. The van der Waals surface area contributed by atoms with Crippen molar-refractivity contribution in [1.82, 2.24) is 10.3 Å². The summed E-state index contributed by atoms with van der Waals surface area (Å²) in [5.41, 5.74) is 2.10. The quantitative estimate of drug-likeness (QED) is 0.759. The van der Waals surface area contributed by atoms with Crippen molar-refractivity contribution in [2.24, 2.45) is 0 Å². The molecule has 1 heterocycles. The zero-order chi connectivity index (χ0) is 14.8. The van der Waals surface area contributed by atoms with E-state index in [0.29, 0.717) is 5.02 Å². The minimum atomic E-state index is 0.112. The summed E-state index contributed by atoms with van der Waals surface area (Å²) in [5.74, 6) is 0.112. The van der Waals surface area contributed by atoms with Gasteiger partial charge in [-0.3, -0.25) is 0 Å². The van der Waals surface area contributed by atoms with Crippen LogP contribution in [0.1, 0.15) is 16.6 Å².